The number of likely N-dealkylation sites (N-methyl/N-ethyl adjacent to an activating group) is 1. The highest BCUT2D eigenvalue weighted by Crippen LogP contribution is 2.47. The molecule has 1 aromatic carbocycles. The molecule has 1 unspecified atom stereocenters. The summed E-state index contributed by atoms with van der Waals surface area (Å²) in [6, 6.07) is 8.24. The molecule has 2 amide bonds. The quantitative estimate of drug-likeness (QED) is 0.794. The molecule has 1 N–H and O–H groups in total. The van der Waals surface area contributed by atoms with Crippen molar-refractivity contribution in [3.63, 3.8) is 0 Å². The van der Waals surface area contributed by atoms with Crippen molar-refractivity contribution in [1.82, 2.24) is 5.32 Å². The van der Waals surface area contributed by atoms with E-state index < -0.39 is 0 Å². The van der Waals surface area contributed by atoms with Gasteiger partial charge >= 0.3 is 0 Å². The van der Waals surface area contributed by atoms with Crippen LogP contribution in [0.4, 0.5) is 5.69 Å². The summed E-state index contributed by atoms with van der Waals surface area (Å²) in [5, 5.41) is 2.36. The zero-order chi connectivity index (χ0) is 14.5. The van der Waals surface area contributed by atoms with Crippen LogP contribution in [0.1, 0.15) is 25.8 Å². The molecule has 1 fully saturated rings. The Labute approximate surface area is 118 Å². The second-order valence-electron chi connectivity index (χ2n) is 5.98. The average molecular weight is 270 g/mol. The first-order chi connectivity index (χ1) is 9.41. The zero-order valence-electron chi connectivity index (χ0n) is 11.9. The van der Waals surface area contributed by atoms with E-state index >= 15 is 0 Å². The molecule has 1 saturated heterocycles. The first-order valence-corrected chi connectivity index (χ1v) is 6.80. The number of rotatable bonds is 1. The van der Waals surface area contributed by atoms with Gasteiger partial charge in [-0.2, -0.15) is 0 Å². The molecule has 20 heavy (non-hydrogen) atoms. The van der Waals surface area contributed by atoms with Gasteiger partial charge in [0.05, 0.1) is 5.92 Å². The van der Waals surface area contributed by atoms with Crippen molar-refractivity contribution in [2.24, 2.45) is 5.92 Å². The monoisotopic (exact) mass is 270 g/mol. The molecule has 104 valence electrons. The third kappa shape index (κ3) is 1.75. The SMILES string of the molecule is CN1/C(=C/C2CC(=O)NC2=O)C(C)(C)c2ccccc21. The van der Waals surface area contributed by atoms with E-state index in [9.17, 15) is 9.59 Å². The Bertz CT molecular complexity index is 631. The van der Waals surface area contributed by atoms with E-state index in [1.807, 2.05) is 25.3 Å². The fourth-order valence-electron chi connectivity index (χ4n) is 3.20. The van der Waals surface area contributed by atoms with E-state index in [0.717, 1.165) is 11.4 Å². The van der Waals surface area contributed by atoms with Crippen LogP contribution in [-0.2, 0) is 15.0 Å². The third-order valence-electron chi connectivity index (χ3n) is 4.30. The van der Waals surface area contributed by atoms with Crippen molar-refractivity contribution >= 4 is 17.5 Å². The Kier molecular flexibility index (Phi) is 2.71. The summed E-state index contributed by atoms with van der Waals surface area (Å²) in [5.41, 5.74) is 3.33. The molecule has 3 rings (SSSR count). The summed E-state index contributed by atoms with van der Waals surface area (Å²) >= 11 is 0. The molecular formula is C16H18N2O2. The number of nitrogens with one attached hydrogen (secondary N) is 1. The molecule has 4 nitrogen and oxygen atoms in total. The zero-order valence-corrected chi connectivity index (χ0v) is 11.9. The van der Waals surface area contributed by atoms with Crippen molar-refractivity contribution in [1.29, 1.82) is 0 Å². The molecule has 0 radical (unpaired) electrons. The van der Waals surface area contributed by atoms with Crippen LogP contribution in [0, 0.1) is 5.92 Å². The first-order valence-electron chi connectivity index (χ1n) is 6.80. The number of carbonyl (C=O) groups is 2. The van der Waals surface area contributed by atoms with Crippen molar-refractivity contribution in [2.45, 2.75) is 25.7 Å². The van der Waals surface area contributed by atoms with Gasteiger partial charge in [-0.25, -0.2) is 0 Å². The normalized spacial score (nSPS) is 26.1. The van der Waals surface area contributed by atoms with Gasteiger partial charge < -0.3 is 4.90 Å². The molecule has 0 spiro atoms. The summed E-state index contributed by atoms with van der Waals surface area (Å²) < 4.78 is 0. The number of para-hydroxylation sites is 1. The van der Waals surface area contributed by atoms with E-state index in [2.05, 4.69) is 36.2 Å². The lowest BCUT2D eigenvalue weighted by Gasteiger charge is -2.25. The van der Waals surface area contributed by atoms with Gasteiger partial charge in [-0.1, -0.05) is 38.1 Å². The number of nitrogens with zero attached hydrogens (tertiary/aromatic N) is 1. The number of hydrogen-bond donors (Lipinski definition) is 1. The Morgan fingerprint density at radius 2 is 2.00 bits per heavy atom. The van der Waals surface area contributed by atoms with E-state index in [4.69, 9.17) is 0 Å². The largest absolute Gasteiger partial charge is 0.347 e. The molecular weight excluding hydrogens is 252 g/mol. The van der Waals surface area contributed by atoms with Crippen molar-refractivity contribution < 1.29 is 9.59 Å². The number of hydrogen-bond acceptors (Lipinski definition) is 3. The molecule has 2 aliphatic rings. The third-order valence-corrected chi connectivity index (χ3v) is 4.30. The van der Waals surface area contributed by atoms with Crippen LogP contribution in [-0.4, -0.2) is 18.9 Å². The Balaban J connectivity index is 2.04. The maximum absolute atomic E-state index is 11.8. The van der Waals surface area contributed by atoms with Crippen molar-refractivity contribution in [3.8, 4) is 0 Å². The van der Waals surface area contributed by atoms with Crippen LogP contribution in [0.2, 0.25) is 0 Å². The molecule has 0 bridgehead atoms. The number of carbonyl (C=O) groups excluding carboxylic acids is 2. The molecule has 0 aliphatic carbocycles. The van der Waals surface area contributed by atoms with Gasteiger partial charge in [-0.3, -0.25) is 14.9 Å². The molecule has 0 aromatic heterocycles. The van der Waals surface area contributed by atoms with Crippen LogP contribution in [0.25, 0.3) is 0 Å². The molecule has 1 atom stereocenters. The van der Waals surface area contributed by atoms with Crippen LogP contribution in [0.3, 0.4) is 0 Å². The lowest BCUT2D eigenvalue weighted by Crippen LogP contribution is -2.26. The Morgan fingerprint density at radius 3 is 2.60 bits per heavy atom. The summed E-state index contributed by atoms with van der Waals surface area (Å²) in [4.78, 5) is 25.2. The van der Waals surface area contributed by atoms with Crippen molar-refractivity contribution in [2.75, 3.05) is 11.9 Å². The molecule has 2 heterocycles. The van der Waals surface area contributed by atoms with Crippen LogP contribution in [0.15, 0.2) is 36.0 Å². The maximum atomic E-state index is 11.8. The summed E-state index contributed by atoms with van der Waals surface area (Å²) in [5.74, 6) is -0.732. The lowest BCUT2D eigenvalue weighted by atomic mass is 9.82. The average Bonchev–Trinajstić information content (AvgIpc) is 2.81. The second-order valence-corrected chi connectivity index (χ2v) is 5.98. The maximum Gasteiger partial charge on any atom is 0.234 e. The molecule has 0 saturated carbocycles. The van der Waals surface area contributed by atoms with Crippen LogP contribution >= 0.6 is 0 Å². The number of allylic oxidation sites excluding steroid dienone is 1. The summed E-state index contributed by atoms with van der Waals surface area (Å²) in [7, 11) is 2.01. The van der Waals surface area contributed by atoms with Gasteiger partial charge in [-0.05, 0) is 11.6 Å². The molecule has 1 aromatic rings. The minimum atomic E-state index is -0.353. The van der Waals surface area contributed by atoms with E-state index in [1.54, 1.807) is 0 Å². The van der Waals surface area contributed by atoms with Gasteiger partial charge in [0.2, 0.25) is 11.8 Å². The van der Waals surface area contributed by atoms with Gasteiger partial charge in [-0.15, -0.1) is 0 Å². The van der Waals surface area contributed by atoms with E-state index in [-0.39, 0.29) is 29.6 Å². The molecule has 2 aliphatic heterocycles. The van der Waals surface area contributed by atoms with E-state index in [1.165, 1.54) is 5.56 Å². The van der Waals surface area contributed by atoms with E-state index in [0.29, 0.717) is 0 Å². The van der Waals surface area contributed by atoms with Crippen LogP contribution in [0.5, 0.6) is 0 Å². The highest BCUT2D eigenvalue weighted by molar-refractivity contribution is 6.04. The number of imide groups is 1. The van der Waals surface area contributed by atoms with Gasteiger partial charge in [0.1, 0.15) is 0 Å². The number of anilines is 1. The Morgan fingerprint density at radius 1 is 1.30 bits per heavy atom. The summed E-state index contributed by atoms with van der Waals surface area (Å²) in [6.45, 7) is 4.30. The predicted octanol–water partition coefficient (Wildman–Crippen LogP) is 1.96. The number of benzene rings is 1. The highest BCUT2D eigenvalue weighted by atomic mass is 16.2. The second kappa shape index (κ2) is 4.20. The smallest absolute Gasteiger partial charge is 0.234 e. The minimum Gasteiger partial charge on any atom is -0.347 e. The Hall–Kier alpha value is -2.10. The fraction of sp³-hybridized carbons (Fsp3) is 0.375. The number of amides is 2. The highest BCUT2D eigenvalue weighted by Gasteiger charge is 2.40. The van der Waals surface area contributed by atoms with Gasteiger partial charge in [0.15, 0.2) is 0 Å². The van der Waals surface area contributed by atoms with Gasteiger partial charge in [0.25, 0.3) is 0 Å². The summed E-state index contributed by atoms with van der Waals surface area (Å²) in [6.07, 6.45) is 2.20. The van der Waals surface area contributed by atoms with Gasteiger partial charge in [0, 0.05) is 30.3 Å². The number of fused-ring (bicyclic) bond motifs is 1. The standard InChI is InChI=1S/C16H18N2O2/c1-16(2)11-6-4-5-7-12(11)18(3)13(16)8-10-9-14(19)17-15(10)20/h4-8,10H,9H2,1-3H3,(H,17,19,20)/b13-8+. The first kappa shape index (κ1) is 12.9. The van der Waals surface area contributed by atoms with Crippen LogP contribution < -0.4 is 10.2 Å². The predicted molar refractivity (Wildman–Crippen MR) is 77.2 cm³/mol. The minimum absolute atomic E-state index is 0.155. The fourth-order valence-corrected chi connectivity index (χ4v) is 3.20. The molecule has 4 heteroatoms. The topological polar surface area (TPSA) is 49.4 Å². The van der Waals surface area contributed by atoms with Crippen molar-refractivity contribution in [3.05, 3.63) is 41.6 Å². The lowest BCUT2D eigenvalue weighted by molar-refractivity contribution is -0.125.